The van der Waals surface area contributed by atoms with Crippen LogP contribution in [0, 0.1) is 0 Å². The van der Waals surface area contributed by atoms with E-state index in [9.17, 15) is 9.59 Å². The molecule has 0 aromatic heterocycles. The summed E-state index contributed by atoms with van der Waals surface area (Å²) in [7, 11) is 1.56. The first-order valence-corrected chi connectivity index (χ1v) is 7.21. The van der Waals surface area contributed by atoms with Gasteiger partial charge in [0.2, 0.25) is 11.8 Å². The fraction of sp³-hybridized carbons (Fsp3) is 0.333. The number of carbonyl (C=O) groups is 2. The third kappa shape index (κ3) is 3.09. The maximum absolute atomic E-state index is 12.0. The molecule has 0 atom stereocenters. The Balaban J connectivity index is 2.39. The molecule has 1 aliphatic heterocycles. The van der Waals surface area contributed by atoms with E-state index >= 15 is 0 Å². The van der Waals surface area contributed by atoms with Crippen LogP contribution in [0.3, 0.4) is 0 Å². The van der Waals surface area contributed by atoms with Crippen molar-refractivity contribution in [2.45, 2.75) is 6.42 Å². The van der Waals surface area contributed by atoms with Crippen molar-refractivity contribution in [1.82, 2.24) is 5.32 Å². The van der Waals surface area contributed by atoms with Crippen LogP contribution in [-0.4, -0.2) is 32.0 Å². The second-order valence-electron chi connectivity index (χ2n) is 4.01. The quantitative estimate of drug-likeness (QED) is 0.839. The third-order valence-electron chi connectivity index (χ3n) is 2.81. The van der Waals surface area contributed by atoms with Gasteiger partial charge in [0.1, 0.15) is 5.75 Å². The number of benzene rings is 1. The van der Waals surface area contributed by atoms with E-state index in [0.29, 0.717) is 18.0 Å². The van der Waals surface area contributed by atoms with Crippen LogP contribution in [0.15, 0.2) is 21.1 Å². The van der Waals surface area contributed by atoms with Crippen molar-refractivity contribution in [3.63, 3.8) is 0 Å². The Morgan fingerprint density at radius 2 is 2.00 bits per heavy atom. The summed E-state index contributed by atoms with van der Waals surface area (Å²) in [6.07, 6.45) is 0.288. The molecule has 0 spiro atoms. The number of amides is 2. The summed E-state index contributed by atoms with van der Waals surface area (Å²) in [5.74, 6) is 0.376. The fourth-order valence-corrected chi connectivity index (χ4v) is 3.20. The minimum atomic E-state index is -0.143. The lowest BCUT2D eigenvalue weighted by molar-refractivity contribution is -0.123. The number of hydrogen-bond donors (Lipinski definition) is 1. The number of methoxy groups -OCH3 is 1. The first-order chi connectivity index (χ1) is 9.02. The maximum Gasteiger partial charge on any atom is 0.246 e. The van der Waals surface area contributed by atoms with Gasteiger partial charge in [0, 0.05) is 23.5 Å². The Morgan fingerprint density at radius 1 is 1.26 bits per heavy atom. The maximum atomic E-state index is 12.0. The number of nitrogens with zero attached hydrogens (tertiary/aromatic N) is 1. The third-order valence-corrected chi connectivity index (χ3v) is 4.07. The van der Waals surface area contributed by atoms with Gasteiger partial charge in [-0.2, -0.15) is 0 Å². The Kier molecular flexibility index (Phi) is 4.46. The average Bonchev–Trinajstić information content (AvgIpc) is 2.53. The molecule has 1 heterocycles. The second-order valence-corrected chi connectivity index (χ2v) is 5.72. The topological polar surface area (TPSA) is 58.6 Å². The van der Waals surface area contributed by atoms with Crippen molar-refractivity contribution in [3.05, 3.63) is 21.1 Å². The van der Waals surface area contributed by atoms with Crippen LogP contribution in [0.5, 0.6) is 5.75 Å². The van der Waals surface area contributed by atoms with Gasteiger partial charge in [0.25, 0.3) is 0 Å². The first-order valence-electron chi connectivity index (χ1n) is 5.63. The summed E-state index contributed by atoms with van der Waals surface area (Å²) in [5, 5.41) is 2.57. The predicted molar refractivity (Wildman–Crippen MR) is 78.4 cm³/mol. The van der Waals surface area contributed by atoms with Crippen LogP contribution in [0.25, 0.3) is 0 Å². The van der Waals surface area contributed by atoms with Crippen molar-refractivity contribution in [2.75, 3.05) is 25.1 Å². The summed E-state index contributed by atoms with van der Waals surface area (Å²) in [6.45, 7) is 0.373. The first kappa shape index (κ1) is 14.3. The smallest absolute Gasteiger partial charge is 0.246 e. The van der Waals surface area contributed by atoms with E-state index in [1.807, 2.05) is 6.07 Å². The van der Waals surface area contributed by atoms with Crippen LogP contribution in [0.4, 0.5) is 5.69 Å². The van der Waals surface area contributed by atoms with Gasteiger partial charge in [-0.25, -0.2) is 0 Å². The van der Waals surface area contributed by atoms with E-state index in [4.69, 9.17) is 4.74 Å². The molecule has 0 saturated carbocycles. The molecule has 1 fully saturated rings. The lowest BCUT2D eigenvalue weighted by Gasteiger charge is -2.22. The van der Waals surface area contributed by atoms with E-state index in [0.717, 1.165) is 8.95 Å². The van der Waals surface area contributed by atoms with Crippen molar-refractivity contribution in [3.8, 4) is 5.75 Å². The van der Waals surface area contributed by atoms with E-state index in [1.54, 1.807) is 18.1 Å². The normalized spacial score (nSPS) is 16.1. The van der Waals surface area contributed by atoms with E-state index < -0.39 is 0 Å². The standard InChI is InChI=1S/C12H12Br2N2O3/c1-19-10-5-9(7(13)4-8(10)14)16-3-2-11(17)15-6-12(16)18/h4-5H,2-3,6H2,1H3,(H,15,17). The van der Waals surface area contributed by atoms with Gasteiger partial charge >= 0.3 is 0 Å². The number of hydrogen-bond acceptors (Lipinski definition) is 3. The van der Waals surface area contributed by atoms with Gasteiger partial charge in [0.15, 0.2) is 0 Å². The lowest BCUT2D eigenvalue weighted by Crippen LogP contribution is -2.35. The predicted octanol–water partition coefficient (Wildman–Crippen LogP) is 2.07. The molecule has 1 saturated heterocycles. The number of rotatable bonds is 2. The number of nitrogens with one attached hydrogen (secondary N) is 1. The number of carbonyl (C=O) groups excluding carboxylic acids is 2. The van der Waals surface area contributed by atoms with Crippen LogP contribution < -0.4 is 15.0 Å². The van der Waals surface area contributed by atoms with Crippen molar-refractivity contribution < 1.29 is 14.3 Å². The average molecular weight is 392 g/mol. The molecule has 1 aromatic rings. The highest BCUT2D eigenvalue weighted by Crippen LogP contribution is 2.36. The molecular formula is C12H12Br2N2O3. The Hall–Kier alpha value is -1.08. The second kappa shape index (κ2) is 5.92. The molecule has 2 amide bonds. The van der Waals surface area contributed by atoms with Gasteiger partial charge in [0.05, 0.1) is 23.8 Å². The molecule has 1 aliphatic rings. The van der Waals surface area contributed by atoms with Gasteiger partial charge in [-0.15, -0.1) is 0 Å². The fourth-order valence-electron chi connectivity index (χ4n) is 1.83. The Labute approximate surface area is 127 Å². The molecule has 0 bridgehead atoms. The number of halogens is 2. The highest BCUT2D eigenvalue weighted by molar-refractivity contribution is 9.11. The highest BCUT2D eigenvalue weighted by atomic mass is 79.9. The van der Waals surface area contributed by atoms with Crippen molar-refractivity contribution in [2.24, 2.45) is 0 Å². The molecule has 1 N–H and O–H groups in total. The number of ether oxygens (including phenoxy) is 1. The van der Waals surface area contributed by atoms with E-state index in [2.05, 4.69) is 37.2 Å². The SMILES string of the molecule is COc1cc(N2CCC(=O)NCC2=O)c(Br)cc1Br. The van der Waals surface area contributed by atoms with Gasteiger partial charge < -0.3 is 15.0 Å². The zero-order valence-electron chi connectivity index (χ0n) is 10.2. The van der Waals surface area contributed by atoms with E-state index in [1.165, 1.54) is 0 Å². The van der Waals surface area contributed by atoms with Crippen molar-refractivity contribution in [1.29, 1.82) is 0 Å². The zero-order valence-corrected chi connectivity index (χ0v) is 13.4. The summed E-state index contributed by atoms with van der Waals surface area (Å²) >= 11 is 6.81. The molecular weight excluding hydrogens is 380 g/mol. The molecule has 7 heteroatoms. The van der Waals surface area contributed by atoms with Crippen LogP contribution in [-0.2, 0) is 9.59 Å². The molecule has 19 heavy (non-hydrogen) atoms. The largest absolute Gasteiger partial charge is 0.495 e. The molecule has 1 aromatic carbocycles. The Morgan fingerprint density at radius 3 is 2.68 bits per heavy atom. The summed E-state index contributed by atoms with van der Waals surface area (Å²) in [4.78, 5) is 24.9. The molecule has 0 aliphatic carbocycles. The lowest BCUT2D eigenvalue weighted by atomic mass is 10.2. The zero-order chi connectivity index (χ0) is 14.0. The number of anilines is 1. The molecule has 102 valence electrons. The summed E-state index contributed by atoms with van der Waals surface area (Å²) in [6, 6.07) is 3.59. The highest BCUT2D eigenvalue weighted by Gasteiger charge is 2.24. The van der Waals surface area contributed by atoms with Crippen LogP contribution in [0.2, 0.25) is 0 Å². The molecule has 2 rings (SSSR count). The molecule has 0 unspecified atom stereocenters. The van der Waals surface area contributed by atoms with Gasteiger partial charge in [-0.3, -0.25) is 9.59 Å². The Bertz CT molecular complexity index is 534. The van der Waals surface area contributed by atoms with Crippen LogP contribution in [0.1, 0.15) is 6.42 Å². The monoisotopic (exact) mass is 390 g/mol. The molecule has 5 nitrogen and oxygen atoms in total. The van der Waals surface area contributed by atoms with Gasteiger partial charge in [-0.1, -0.05) is 0 Å². The summed E-state index contributed by atoms with van der Waals surface area (Å²) < 4.78 is 6.79. The minimum Gasteiger partial charge on any atom is -0.495 e. The molecule has 0 radical (unpaired) electrons. The van der Waals surface area contributed by atoms with Crippen molar-refractivity contribution >= 4 is 49.4 Å². The summed E-state index contributed by atoms with van der Waals surface area (Å²) in [5.41, 5.74) is 0.696. The van der Waals surface area contributed by atoms with Crippen LogP contribution >= 0.6 is 31.9 Å². The van der Waals surface area contributed by atoms with E-state index in [-0.39, 0.29) is 24.8 Å². The minimum absolute atomic E-state index is 0.0175. The van der Waals surface area contributed by atoms with Gasteiger partial charge in [-0.05, 0) is 37.9 Å².